The number of rotatable bonds is 2. The Kier molecular flexibility index (Phi) is 3.18. The van der Waals surface area contributed by atoms with Crippen LogP contribution in [-0.4, -0.2) is 31.3 Å². The average molecular weight is 210 g/mol. The summed E-state index contributed by atoms with van der Waals surface area (Å²) < 4.78 is 73.7. The maximum absolute atomic E-state index is 12.1. The van der Waals surface area contributed by atoms with Crippen molar-refractivity contribution in [3.8, 4) is 0 Å². The lowest BCUT2D eigenvalue weighted by Crippen LogP contribution is -2.47. The lowest BCUT2D eigenvalue weighted by Gasteiger charge is -2.19. The fourth-order valence-corrected chi connectivity index (χ4v) is 0.445. The molecular formula is C5H4F6O2. The molecule has 0 aliphatic rings. The van der Waals surface area contributed by atoms with E-state index in [0.29, 0.717) is 7.11 Å². The Morgan fingerprint density at radius 1 is 1.23 bits per heavy atom. The molecule has 0 saturated carbocycles. The van der Waals surface area contributed by atoms with Crippen LogP contribution in [0.2, 0.25) is 0 Å². The zero-order chi connectivity index (χ0) is 10.9. The first-order valence-electron chi connectivity index (χ1n) is 2.81. The fraction of sp³-hybridized carbons (Fsp3) is 0.800. The molecule has 0 aromatic rings. The molecule has 2 nitrogen and oxygen atoms in total. The SMILES string of the molecule is COC(=O)C(F)(F)[C@@H](F)C(F)(F)F. The summed E-state index contributed by atoms with van der Waals surface area (Å²) in [5.41, 5.74) is 0. The van der Waals surface area contributed by atoms with E-state index < -0.39 is 24.2 Å². The summed E-state index contributed by atoms with van der Waals surface area (Å²) >= 11 is 0. The van der Waals surface area contributed by atoms with Gasteiger partial charge in [-0.25, -0.2) is 9.18 Å². The molecule has 0 heterocycles. The molecule has 0 radical (unpaired) electrons. The molecule has 13 heavy (non-hydrogen) atoms. The fourth-order valence-electron chi connectivity index (χ4n) is 0.445. The van der Waals surface area contributed by atoms with E-state index in [9.17, 15) is 31.1 Å². The summed E-state index contributed by atoms with van der Waals surface area (Å²) in [7, 11) is 0.430. The van der Waals surface area contributed by atoms with E-state index in [4.69, 9.17) is 0 Å². The highest BCUT2D eigenvalue weighted by Gasteiger charge is 2.62. The van der Waals surface area contributed by atoms with E-state index in [1.807, 2.05) is 0 Å². The van der Waals surface area contributed by atoms with Gasteiger partial charge >= 0.3 is 18.1 Å². The van der Waals surface area contributed by atoms with Crippen LogP contribution in [-0.2, 0) is 9.53 Å². The maximum atomic E-state index is 12.1. The number of halogens is 6. The summed E-state index contributed by atoms with van der Waals surface area (Å²) in [6.45, 7) is 0. The second-order valence-electron chi connectivity index (χ2n) is 2.02. The van der Waals surface area contributed by atoms with Gasteiger partial charge in [0, 0.05) is 0 Å². The normalized spacial score (nSPS) is 15.3. The van der Waals surface area contributed by atoms with Crippen LogP contribution >= 0.6 is 0 Å². The Hall–Kier alpha value is -0.950. The third kappa shape index (κ3) is 2.49. The zero-order valence-electron chi connectivity index (χ0n) is 6.16. The van der Waals surface area contributed by atoms with Gasteiger partial charge in [0.25, 0.3) is 6.17 Å². The molecule has 0 N–H and O–H groups in total. The molecule has 0 saturated heterocycles. The Morgan fingerprint density at radius 3 is 1.85 bits per heavy atom. The van der Waals surface area contributed by atoms with Crippen LogP contribution in [0.3, 0.4) is 0 Å². The van der Waals surface area contributed by atoms with Crippen LogP contribution in [0.1, 0.15) is 0 Å². The number of esters is 1. The maximum Gasteiger partial charge on any atom is 0.426 e. The molecule has 8 heteroatoms. The van der Waals surface area contributed by atoms with Gasteiger partial charge < -0.3 is 4.74 Å². The van der Waals surface area contributed by atoms with Crippen LogP contribution < -0.4 is 0 Å². The average Bonchev–Trinajstić information content (AvgIpc) is 1.99. The van der Waals surface area contributed by atoms with Crippen molar-refractivity contribution in [3.05, 3.63) is 0 Å². The molecule has 78 valence electrons. The molecule has 0 fully saturated rings. The number of carbonyl (C=O) groups is 1. The lowest BCUT2D eigenvalue weighted by atomic mass is 10.2. The summed E-state index contributed by atoms with van der Waals surface area (Å²) in [6, 6.07) is 0. The Morgan fingerprint density at radius 2 is 1.62 bits per heavy atom. The van der Waals surface area contributed by atoms with Gasteiger partial charge in [0.15, 0.2) is 0 Å². The number of carbonyl (C=O) groups excluding carboxylic acids is 1. The summed E-state index contributed by atoms with van der Waals surface area (Å²) in [5, 5.41) is 0. The number of methoxy groups -OCH3 is 1. The quantitative estimate of drug-likeness (QED) is 0.512. The first-order valence-corrected chi connectivity index (χ1v) is 2.81. The predicted octanol–water partition coefficient (Wildman–Crippen LogP) is 1.70. The van der Waals surface area contributed by atoms with Gasteiger partial charge in [-0.15, -0.1) is 0 Å². The molecule has 0 rings (SSSR count). The first kappa shape index (κ1) is 12.0. The van der Waals surface area contributed by atoms with Crippen LogP contribution in [0.4, 0.5) is 26.3 Å². The summed E-state index contributed by atoms with van der Waals surface area (Å²) in [5.74, 6) is -7.76. The third-order valence-corrected chi connectivity index (χ3v) is 1.06. The van der Waals surface area contributed by atoms with Crippen molar-refractivity contribution < 1.29 is 35.9 Å². The Bertz CT molecular complexity index is 198. The number of ether oxygens (including phenoxy) is 1. The molecule has 0 amide bonds. The van der Waals surface area contributed by atoms with Crippen molar-refractivity contribution in [2.75, 3.05) is 7.11 Å². The van der Waals surface area contributed by atoms with E-state index in [-0.39, 0.29) is 0 Å². The molecule has 0 aromatic carbocycles. The Balaban J connectivity index is 4.74. The van der Waals surface area contributed by atoms with E-state index >= 15 is 0 Å². The van der Waals surface area contributed by atoms with Crippen molar-refractivity contribution in [2.45, 2.75) is 18.3 Å². The topological polar surface area (TPSA) is 26.3 Å². The van der Waals surface area contributed by atoms with Crippen LogP contribution in [0.5, 0.6) is 0 Å². The van der Waals surface area contributed by atoms with Gasteiger partial charge in [0.2, 0.25) is 0 Å². The van der Waals surface area contributed by atoms with Gasteiger partial charge in [-0.1, -0.05) is 0 Å². The Labute approximate surface area is 68.5 Å². The lowest BCUT2D eigenvalue weighted by molar-refractivity contribution is -0.248. The standard InChI is InChI=1S/C5H4F6O2/c1-13-3(12)4(7,8)2(6)5(9,10)11/h2H,1H3/t2-/m1/s1. The summed E-state index contributed by atoms with van der Waals surface area (Å²) in [4.78, 5) is 10.0. The second-order valence-corrected chi connectivity index (χ2v) is 2.02. The molecule has 0 unspecified atom stereocenters. The van der Waals surface area contributed by atoms with E-state index in [2.05, 4.69) is 4.74 Å². The molecular weight excluding hydrogens is 206 g/mol. The molecule has 1 atom stereocenters. The van der Waals surface area contributed by atoms with Crippen molar-refractivity contribution >= 4 is 5.97 Å². The largest absolute Gasteiger partial charge is 0.464 e. The van der Waals surface area contributed by atoms with Crippen LogP contribution in [0.25, 0.3) is 0 Å². The van der Waals surface area contributed by atoms with Crippen molar-refractivity contribution in [1.82, 2.24) is 0 Å². The highest BCUT2D eigenvalue weighted by Crippen LogP contribution is 2.35. The molecule has 0 aliphatic carbocycles. The molecule has 0 aliphatic heterocycles. The smallest absolute Gasteiger partial charge is 0.426 e. The minimum atomic E-state index is -5.79. The monoisotopic (exact) mass is 210 g/mol. The second kappa shape index (κ2) is 3.43. The highest BCUT2D eigenvalue weighted by molar-refractivity contribution is 5.78. The highest BCUT2D eigenvalue weighted by atomic mass is 19.4. The minimum absolute atomic E-state index is 0.430. The van der Waals surface area contributed by atoms with Gasteiger partial charge in [0.1, 0.15) is 0 Å². The van der Waals surface area contributed by atoms with Gasteiger partial charge in [0.05, 0.1) is 7.11 Å². The van der Waals surface area contributed by atoms with E-state index in [1.165, 1.54) is 0 Å². The number of hydrogen-bond donors (Lipinski definition) is 0. The molecule has 0 spiro atoms. The molecule has 0 aromatic heterocycles. The van der Waals surface area contributed by atoms with Gasteiger partial charge in [-0.2, -0.15) is 22.0 Å². The van der Waals surface area contributed by atoms with Gasteiger partial charge in [-0.3, -0.25) is 0 Å². The predicted molar refractivity (Wildman–Crippen MR) is 27.9 cm³/mol. The van der Waals surface area contributed by atoms with Gasteiger partial charge in [-0.05, 0) is 0 Å². The van der Waals surface area contributed by atoms with E-state index in [0.717, 1.165) is 0 Å². The molecule has 0 bridgehead atoms. The van der Waals surface area contributed by atoms with Crippen molar-refractivity contribution in [2.24, 2.45) is 0 Å². The summed E-state index contributed by atoms with van der Waals surface area (Å²) in [6.07, 6.45) is -10.3. The first-order chi connectivity index (χ1) is 5.64. The number of hydrogen-bond acceptors (Lipinski definition) is 2. The van der Waals surface area contributed by atoms with Crippen molar-refractivity contribution in [1.29, 1.82) is 0 Å². The van der Waals surface area contributed by atoms with Crippen molar-refractivity contribution in [3.63, 3.8) is 0 Å². The van der Waals surface area contributed by atoms with Crippen LogP contribution in [0, 0.1) is 0 Å². The van der Waals surface area contributed by atoms with Crippen LogP contribution in [0.15, 0.2) is 0 Å². The number of alkyl halides is 6. The zero-order valence-corrected chi connectivity index (χ0v) is 6.16. The minimum Gasteiger partial charge on any atom is -0.464 e. The van der Waals surface area contributed by atoms with E-state index in [1.54, 1.807) is 0 Å². The third-order valence-electron chi connectivity index (χ3n) is 1.06.